The van der Waals surface area contributed by atoms with Crippen LogP contribution >= 0.6 is 0 Å². The first kappa shape index (κ1) is 12.7. The van der Waals surface area contributed by atoms with Gasteiger partial charge in [0, 0.05) is 13.7 Å². The number of hydrogen-bond acceptors (Lipinski definition) is 2. The van der Waals surface area contributed by atoms with E-state index in [1.54, 1.807) is 6.92 Å². The molecule has 0 aliphatic rings. The molecule has 88 valence electrons. The van der Waals surface area contributed by atoms with Crippen molar-refractivity contribution in [3.63, 3.8) is 0 Å². The summed E-state index contributed by atoms with van der Waals surface area (Å²) in [6.07, 6.45) is 0.478. The van der Waals surface area contributed by atoms with Gasteiger partial charge in [0.05, 0.1) is 0 Å². The van der Waals surface area contributed by atoms with E-state index in [4.69, 9.17) is 4.74 Å². The van der Waals surface area contributed by atoms with Crippen LogP contribution in [0.5, 0.6) is 0 Å². The lowest BCUT2D eigenvalue weighted by Gasteiger charge is -2.11. The highest BCUT2D eigenvalue weighted by Gasteiger charge is 2.10. The molecule has 0 heterocycles. The molecule has 1 N–H and O–H groups in total. The average Bonchev–Trinajstić information content (AvgIpc) is 2.30. The summed E-state index contributed by atoms with van der Waals surface area (Å²) in [7, 11) is 1.53. The van der Waals surface area contributed by atoms with Crippen molar-refractivity contribution in [1.29, 1.82) is 0 Å². The van der Waals surface area contributed by atoms with Crippen LogP contribution in [0.1, 0.15) is 18.1 Å². The summed E-state index contributed by atoms with van der Waals surface area (Å²) in [5, 5.41) is 2.85. The third kappa shape index (κ3) is 3.66. The third-order valence-electron chi connectivity index (χ3n) is 2.68. The van der Waals surface area contributed by atoms with Crippen LogP contribution in [0.15, 0.2) is 24.3 Å². The molecule has 0 aliphatic heterocycles. The van der Waals surface area contributed by atoms with Gasteiger partial charge >= 0.3 is 0 Å². The molecule has 0 aliphatic carbocycles. The monoisotopic (exact) mass is 221 g/mol. The standard InChI is InChI=1S/C13H19NO2/c1-10-6-4-5-7-12(10)8-9-14-13(15)11(2)16-3/h4-7,11H,8-9H2,1-3H3,(H,14,15). The van der Waals surface area contributed by atoms with E-state index in [2.05, 4.69) is 24.4 Å². The number of aryl methyl sites for hydroxylation is 1. The third-order valence-corrected chi connectivity index (χ3v) is 2.68. The molecule has 3 heteroatoms. The number of rotatable bonds is 5. The van der Waals surface area contributed by atoms with Crippen LogP contribution in [0.2, 0.25) is 0 Å². The lowest BCUT2D eigenvalue weighted by molar-refractivity contribution is -0.129. The van der Waals surface area contributed by atoms with Crippen molar-refractivity contribution in [3.8, 4) is 0 Å². The van der Waals surface area contributed by atoms with Crippen LogP contribution in [0.25, 0.3) is 0 Å². The molecule has 0 radical (unpaired) electrons. The highest BCUT2D eigenvalue weighted by molar-refractivity contribution is 5.80. The van der Waals surface area contributed by atoms with Crippen molar-refractivity contribution < 1.29 is 9.53 Å². The number of carbonyl (C=O) groups is 1. The van der Waals surface area contributed by atoms with Crippen LogP contribution in [0.3, 0.4) is 0 Å². The van der Waals surface area contributed by atoms with Crippen LogP contribution in [-0.2, 0) is 16.0 Å². The Balaban J connectivity index is 2.36. The summed E-state index contributed by atoms with van der Waals surface area (Å²) >= 11 is 0. The zero-order valence-corrected chi connectivity index (χ0v) is 10.1. The lowest BCUT2D eigenvalue weighted by Crippen LogP contribution is -2.35. The van der Waals surface area contributed by atoms with Gasteiger partial charge in [-0.2, -0.15) is 0 Å². The molecule has 1 amide bonds. The fraction of sp³-hybridized carbons (Fsp3) is 0.462. The van der Waals surface area contributed by atoms with Crippen LogP contribution in [0.4, 0.5) is 0 Å². The van der Waals surface area contributed by atoms with Crippen molar-refractivity contribution in [3.05, 3.63) is 35.4 Å². The minimum Gasteiger partial charge on any atom is -0.372 e. The predicted molar refractivity (Wildman–Crippen MR) is 64.4 cm³/mol. The first-order valence-corrected chi connectivity index (χ1v) is 5.50. The Labute approximate surface area is 96.8 Å². The van der Waals surface area contributed by atoms with E-state index < -0.39 is 0 Å². The van der Waals surface area contributed by atoms with Gasteiger partial charge in [0.2, 0.25) is 5.91 Å². The maximum Gasteiger partial charge on any atom is 0.248 e. The number of methoxy groups -OCH3 is 1. The Hall–Kier alpha value is -1.35. The number of hydrogen-bond donors (Lipinski definition) is 1. The molecule has 1 aromatic rings. The maximum atomic E-state index is 11.4. The van der Waals surface area contributed by atoms with Crippen LogP contribution < -0.4 is 5.32 Å². The van der Waals surface area contributed by atoms with Gasteiger partial charge in [-0.3, -0.25) is 4.79 Å². The van der Waals surface area contributed by atoms with Gasteiger partial charge in [-0.15, -0.1) is 0 Å². The Morgan fingerprint density at radius 2 is 2.12 bits per heavy atom. The lowest BCUT2D eigenvalue weighted by atomic mass is 10.1. The highest BCUT2D eigenvalue weighted by Crippen LogP contribution is 2.06. The fourth-order valence-electron chi connectivity index (χ4n) is 1.46. The smallest absolute Gasteiger partial charge is 0.248 e. The molecule has 0 spiro atoms. The molecule has 1 aromatic carbocycles. The molecule has 0 fully saturated rings. The molecule has 1 unspecified atom stereocenters. The quantitative estimate of drug-likeness (QED) is 0.821. The van der Waals surface area contributed by atoms with Crippen LogP contribution in [0, 0.1) is 6.92 Å². The van der Waals surface area contributed by atoms with Gasteiger partial charge in [0.15, 0.2) is 0 Å². The van der Waals surface area contributed by atoms with E-state index in [-0.39, 0.29) is 12.0 Å². The van der Waals surface area contributed by atoms with E-state index in [1.165, 1.54) is 18.2 Å². The Kier molecular flexibility index (Phi) is 4.99. The molecule has 1 rings (SSSR count). The summed E-state index contributed by atoms with van der Waals surface area (Å²) in [6.45, 7) is 4.47. The average molecular weight is 221 g/mol. The summed E-state index contributed by atoms with van der Waals surface area (Å²) < 4.78 is 4.93. The molecular formula is C13H19NO2. The number of nitrogens with one attached hydrogen (secondary N) is 1. The molecule has 0 aromatic heterocycles. The second kappa shape index (κ2) is 6.28. The van der Waals surface area contributed by atoms with Gasteiger partial charge in [-0.05, 0) is 31.4 Å². The highest BCUT2D eigenvalue weighted by atomic mass is 16.5. The van der Waals surface area contributed by atoms with E-state index in [9.17, 15) is 4.79 Å². The zero-order chi connectivity index (χ0) is 12.0. The second-order valence-corrected chi connectivity index (χ2v) is 3.85. The Morgan fingerprint density at radius 1 is 1.44 bits per heavy atom. The van der Waals surface area contributed by atoms with Gasteiger partial charge < -0.3 is 10.1 Å². The number of carbonyl (C=O) groups excluding carboxylic acids is 1. The number of amides is 1. The maximum absolute atomic E-state index is 11.4. The Morgan fingerprint density at radius 3 is 2.75 bits per heavy atom. The van der Waals surface area contributed by atoms with E-state index in [0.29, 0.717) is 6.54 Å². The normalized spacial score (nSPS) is 12.2. The Bertz CT molecular complexity index is 350. The number of ether oxygens (including phenoxy) is 1. The van der Waals surface area contributed by atoms with Crippen molar-refractivity contribution in [2.75, 3.05) is 13.7 Å². The molecule has 0 saturated carbocycles. The fourth-order valence-corrected chi connectivity index (χ4v) is 1.46. The van der Waals surface area contributed by atoms with E-state index in [0.717, 1.165) is 6.42 Å². The largest absolute Gasteiger partial charge is 0.372 e. The van der Waals surface area contributed by atoms with Gasteiger partial charge in [0.1, 0.15) is 6.10 Å². The summed E-state index contributed by atoms with van der Waals surface area (Å²) in [6, 6.07) is 8.20. The topological polar surface area (TPSA) is 38.3 Å². The first-order chi connectivity index (χ1) is 7.65. The zero-order valence-electron chi connectivity index (χ0n) is 10.1. The number of benzene rings is 1. The molecule has 3 nitrogen and oxygen atoms in total. The minimum atomic E-state index is -0.378. The minimum absolute atomic E-state index is 0.0592. The van der Waals surface area contributed by atoms with Gasteiger partial charge in [-0.25, -0.2) is 0 Å². The first-order valence-electron chi connectivity index (χ1n) is 5.50. The molecular weight excluding hydrogens is 202 g/mol. The SMILES string of the molecule is COC(C)C(=O)NCCc1ccccc1C. The predicted octanol–water partition coefficient (Wildman–Crippen LogP) is 1.69. The van der Waals surface area contributed by atoms with Gasteiger partial charge in [-0.1, -0.05) is 24.3 Å². The van der Waals surface area contributed by atoms with E-state index >= 15 is 0 Å². The summed E-state index contributed by atoms with van der Waals surface area (Å²) in [4.78, 5) is 11.4. The van der Waals surface area contributed by atoms with E-state index in [1.807, 2.05) is 12.1 Å². The van der Waals surface area contributed by atoms with Crippen molar-refractivity contribution in [1.82, 2.24) is 5.32 Å². The van der Waals surface area contributed by atoms with Gasteiger partial charge in [0.25, 0.3) is 0 Å². The van der Waals surface area contributed by atoms with Crippen molar-refractivity contribution >= 4 is 5.91 Å². The summed E-state index contributed by atoms with van der Waals surface area (Å²) in [5.41, 5.74) is 2.53. The summed E-state index contributed by atoms with van der Waals surface area (Å²) in [5.74, 6) is -0.0592. The molecule has 0 saturated heterocycles. The van der Waals surface area contributed by atoms with Crippen LogP contribution in [-0.4, -0.2) is 25.7 Å². The molecule has 16 heavy (non-hydrogen) atoms. The molecule has 1 atom stereocenters. The molecule has 0 bridgehead atoms. The van der Waals surface area contributed by atoms with Crippen molar-refractivity contribution in [2.45, 2.75) is 26.4 Å². The second-order valence-electron chi connectivity index (χ2n) is 3.85. The van der Waals surface area contributed by atoms with Crippen molar-refractivity contribution in [2.24, 2.45) is 0 Å².